The molecule has 3 aromatic heterocycles. The summed E-state index contributed by atoms with van der Waals surface area (Å²) in [6.07, 6.45) is 7.41. The minimum atomic E-state index is -0.0537. The molecule has 0 saturated carbocycles. The highest BCUT2D eigenvalue weighted by Gasteiger charge is 2.27. The molecule has 138 valence electrons. The summed E-state index contributed by atoms with van der Waals surface area (Å²) in [5, 5.41) is 10.3. The van der Waals surface area contributed by atoms with Gasteiger partial charge in [0.2, 0.25) is 0 Å². The third kappa shape index (κ3) is 2.66. The molecule has 28 heavy (non-hydrogen) atoms. The molecule has 4 aromatic rings. The van der Waals surface area contributed by atoms with Gasteiger partial charge in [-0.25, -0.2) is 0 Å². The van der Waals surface area contributed by atoms with Gasteiger partial charge in [-0.3, -0.25) is 15.0 Å². The molecule has 0 saturated heterocycles. The van der Waals surface area contributed by atoms with Gasteiger partial charge in [-0.05, 0) is 35.9 Å². The van der Waals surface area contributed by atoms with Crippen LogP contribution in [0.25, 0.3) is 22.0 Å². The number of benzene rings is 1. The third-order valence-electron chi connectivity index (χ3n) is 5.13. The molecule has 0 unspecified atom stereocenters. The minimum absolute atomic E-state index is 0.0537. The van der Waals surface area contributed by atoms with Crippen molar-refractivity contribution in [2.24, 2.45) is 0 Å². The lowest BCUT2D eigenvalue weighted by Crippen LogP contribution is -2.24. The average Bonchev–Trinajstić information content (AvgIpc) is 3.11. The zero-order valence-corrected chi connectivity index (χ0v) is 15.4. The smallest absolute Gasteiger partial charge is 0.0951 e. The van der Waals surface area contributed by atoms with E-state index < -0.39 is 0 Å². The van der Waals surface area contributed by atoms with Gasteiger partial charge in [-0.2, -0.15) is 0 Å². The van der Waals surface area contributed by atoms with Gasteiger partial charge in [0.15, 0.2) is 0 Å². The Bertz CT molecular complexity index is 1140. The fraction of sp³-hybridized carbons (Fsp3) is 0.136. The molecule has 6 heteroatoms. The van der Waals surface area contributed by atoms with E-state index in [2.05, 4.69) is 50.0 Å². The van der Waals surface area contributed by atoms with E-state index in [9.17, 15) is 5.11 Å². The van der Waals surface area contributed by atoms with E-state index in [-0.39, 0.29) is 6.61 Å². The summed E-state index contributed by atoms with van der Waals surface area (Å²) in [5.41, 5.74) is 6.99. The molecule has 1 aliphatic heterocycles. The van der Waals surface area contributed by atoms with E-state index in [0.29, 0.717) is 5.69 Å². The summed E-state index contributed by atoms with van der Waals surface area (Å²) in [4.78, 5) is 17.7. The highest BCUT2D eigenvalue weighted by Crippen LogP contribution is 2.44. The summed E-state index contributed by atoms with van der Waals surface area (Å²) in [6.45, 7) is 0.695. The maximum atomic E-state index is 9.22. The zero-order chi connectivity index (χ0) is 19.1. The monoisotopic (exact) mass is 369 g/mol. The summed E-state index contributed by atoms with van der Waals surface area (Å²) >= 11 is 0. The highest BCUT2D eigenvalue weighted by atomic mass is 16.3. The van der Waals surface area contributed by atoms with E-state index in [0.717, 1.165) is 45.8 Å². The van der Waals surface area contributed by atoms with Crippen molar-refractivity contribution in [2.45, 2.75) is 6.61 Å². The van der Waals surface area contributed by atoms with Gasteiger partial charge < -0.3 is 14.9 Å². The number of hydrogen-bond acceptors (Lipinski definition) is 6. The summed E-state index contributed by atoms with van der Waals surface area (Å²) in [7, 11) is 2.07. The topological polar surface area (TPSA) is 65.4 Å². The van der Waals surface area contributed by atoms with Crippen molar-refractivity contribution in [1.29, 1.82) is 0 Å². The first kappa shape index (κ1) is 16.6. The fourth-order valence-electron chi connectivity index (χ4n) is 3.68. The molecular weight excluding hydrogens is 350 g/mol. The average molecular weight is 369 g/mol. The van der Waals surface area contributed by atoms with Crippen molar-refractivity contribution in [3.8, 4) is 11.1 Å². The predicted molar refractivity (Wildman–Crippen MR) is 111 cm³/mol. The lowest BCUT2D eigenvalue weighted by atomic mass is 10.0. The number of pyridine rings is 3. The molecule has 1 N–H and O–H groups in total. The molecule has 1 aromatic carbocycles. The number of rotatable bonds is 3. The molecular formula is C22H19N5O. The quantitative estimate of drug-likeness (QED) is 0.594. The maximum Gasteiger partial charge on any atom is 0.0951 e. The van der Waals surface area contributed by atoms with Crippen molar-refractivity contribution in [3.63, 3.8) is 0 Å². The van der Waals surface area contributed by atoms with Crippen LogP contribution in [0.5, 0.6) is 0 Å². The molecule has 0 fully saturated rings. The Morgan fingerprint density at radius 3 is 2.64 bits per heavy atom. The van der Waals surface area contributed by atoms with Crippen LogP contribution < -0.4 is 9.80 Å². The molecule has 0 bridgehead atoms. The van der Waals surface area contributed by atoms with Crippen LogP contribution in [0.4, 0.5) is 17.1 Å². The van der Waals surface area contributed by atoms with E-state index in [1.807, 2.05) is 36.7 Å². The zero-order valence-electron chi connectivity index (χ0n) is 15.4. The maximum absolute atomic E-state index is 9.22. The second-order valence-electron chi connectivity index (χ2n) is 6.90. The van der Waals surface area contributed by atoms with Crippen LogP contribution in [0.3, 0.4) is 0 Å². The van der Waals surface area contributed by atoms with Gasteiger partial charge in [0.1, 0.15) is 0 Å². The molecule has 1 aliphatic rings. The Kier molecular flexibility index (Phi) is 3.91. The fourth-order valence-corrected chi connectivity index (χ4v) is 3.68. The second kappa shape index (κ2) is 6.58. The van der Waals surface area contributed by atoms with E-state index in [4.69, 9.17) is 0 Å². The van der Waals surface area contributed by atoms with Crippen LogP contribution in [-0.4, -0.2) is 33.8 Å². The standard InChI is InChI=1S/C22H19N5O/c1-26-14-27(18-3-2-8-23-11-18)22-19-9-15(5-7-20(19)25-12-21(22)26)16-4-6-17(13-28)24-10-16/h2-12,28H,13-14H2,1H3. The first-order valence-corrected chi connectivity index (χ1v) is 9.12. The Labute approximate surface area is 162 Å². The summed E-state index contributed by atoms with van der Waals surface area (Å²) < 4.78 is 0. The largest absolute Gasteiger partial charge is 0.390 e. The normalized spacial score (nSPS) is 13.2. The van der Waals surface area contributed by atoms with Crippen molar-refractivity contribution in [1.82, 2.24) is 15.0 Å². The van der Waals surface area contributed by atoms with Crippen molar-refractivity contribution < 1.29 is 5.11 Å². The molecule has 0 atom stereocenters. The van der Waals surface area contributed by atoms with Crippen molar-refractivity contribution in [2.75, 3.05) is 23.5 Å². The number of anilines is 3. The van der Waals surface area contributed by atoms with Crippen LogP contribution in [0, 0.1) is 0 Å². The van der Waals surface area contributed by atoms with Crippen LogP contribution in [0.2, 0.25) is 0 Å². The lowest BCUT2D eigenvalue weighted by molar-refractivity contribution is 0.277. The van der Waals surface area contributed by atoms with Crippen molar-refractivity contribution in [3.05, 3.63) is 72.9 Å². The Balaban J connectivity index is 1.69. The molecule has 0 radical (unpaired) electrons. The number of hydrogen-bond donors (Lipinski definition) is 1. The molecule has 5 rings (SSSR count). The SMILES string of the molecule is CN1CN(c2cccnc2)c2c1cnc1ccc(-c3ccc(CO)nc3)cc21. The van der Waals surface area contributed by atoms with Gasteiger partial charge in [0, 0.05) is 30.4 Å². The van der Waals surface area contributed by atoms with Gasteiger partial charge in [0.25, 0.3) is 0 Å². The van der Waals surface area contributed by atoms with Crippen LogP contribution in [0.15, 0.2) is 67.3 Å². The predicted octanol–water partition coefficient (Wildman–Crippen LogP) is 3.73. The highest BCUT2D eigenvalue weighted by molar-refractivity contribution is 6.03. The molecule has 0 aliphatic carbocycles. The number of aromatic nitrogens is 3. The first-order chi connectivity index (χ1) is 13.7. The Hall–Kier alpha value is -3.51. The van der Waals surface area contributed by atoms with Crippen molar-refractivity contribution >= 4 is 28.0 Å². The van der Waals surface area contributed by atoms with E-state index in [1.165, 1.54) is 0 Å². The molecule has 0 spiro atoms. The lowest BCUT2D eigenvalue weighted by Gasteiger charge is -2.20. The first-order valence-electron chi connectivity index (χ1n) is 9.12. The second-order valence-corrected chi connectivity index (χ2v) is 6.90. The van der Waals surface area contributed by atoms with Crippen LogP contribution >= 0.6 is 0 Å². The molecule has 0 amide bonds. The number of aliphatic hydroxyl groups excluding tert-OH is 1. The van der Waals surface area contributed by atoms with Gasteiger partial charge in [-0.15, -0.1) is 0 Å². The molecule has 6 nitrogen and oxygen atoms in total. The number of aliphatic hydroxyl groups is 1. The number of fused-ring (bicyclic) bond motifs is 3. The third-order valence-corrected chi connectivity index (χ3v) is 5.13. The molecule has 4 heterocycles. The van der Waals surface area contributed by atoms with Gasteiger partial charge in [0.05, 0.1) is 53.9 Å². The van der Waals surface area contributed by atoms with Crippen LogP contribution in [-0.2, 0) is 6.61 Å². The van der Waals surface area contributed by atoms with Gasteiger partial charge in [-0.1, -0.05) is 12.1 Å². The van der Waals surface area contributed by atoms with Crippen LogP contribution in [0.1, 0.15) is 5.69 Å². The van der Waals surface area contributed by atoms with E-state index in [1.54, 1.807) is 12.4 Å². The summed E-state index contributed by atoms with van der Waals surface area (Å²) in [6, 6.07) is 14.1. The number of nitrogens with zero attached hydrogens (tertiary/aromatic N) is 5. The summed E-state index contributed by atoms with van der Waals surface area (Å²) in [5.74, 6) is 0. The Morgan fingerprint density at radius 1 is 1.00 bits per heavy atom. The van der Waals surface area contributed by atoms with E-state index >= 15 is 0 Å². The minimum Gasteiger partial charge on any atom is -0.390 e. The van der Waals surface area contributed by atoms with Gasteiger partial charge >= 0.3 is 0 Å². The Morgan fingerprint density at radius 2 is 1.89 bits per heavy atom.